The fourth-order valence-electron chi connectivity index (χ4n) is 5.42. The maximum absolute atomic E-state index is 14.0. The molecule has 3 aromatic carbocycles. The van der Waals surface area contributed by atoms with Crippen LogP contribution in [-0.4, -0.2) is 69.8 Å². The number of nitrogens with one attached hydrogen (secondary N) is 3. The fraction of sp³-hybridized carbons (Fsp3) is 0.395. The van der Waals surface area contributed by atoms with Gasteiger partial charge in [0.25, 0.3) is 0 Å². The SMILES string of the molecule is CC(C)(C)OC(=O)NC(Cc1ccccc1)C(O)CC(Cc1ccccc1)C(=O)N[C@@H](CCC(=O)O)C(=O)N[C@@H](Cc1ccccc1)C(N)=O. The summed E-state index contributed by atoms with van der Waals surface area (Å²) >= 11 is 0. The molecule has 50 heavy (non-hydrogen) atoms. The summed E-state index contributed by atoms with van der Waals surface area (Å²) in [4.78, 5) is 64.1. The molecule has 268 valence electrons. The van der Waals surface area contributed by atoms with Crippen molar-refractivity contribution in [3.8, 4) is 0 Å². The van der Waals surface area contributed by atoms with E-state index >= 15 is 0 Å². The highest BCUT2D eigenvalue weighted by atomic mass is 16.6. The van der Waals surface area contributed by atoms with Crippen LogP contribution < -0.4 is 21.7 Å². The van der Waals surface area contributed by atoms with Crippen molar-refractivity contribution in [2.24, 2.45) is 11.7 Å². The number of aliphatic hydroxyl groups excluding tert-OH is 1. The number of ether oxygens (including phenoxy) is 1. The molecule has 0 radical (unpaired) electrons. The van der Waals surface area contributed by atoms with Gasteiger partial charge in [-0.2, -0.15) is 0 Å². The number of aliphatic carboxylic acids is 1. The number of amides is 4. The van der Waals surface area contributed by atoms with Gasteiger partial charge in [-0.25, -0.2) is 4.79 Å². The first-order valence-corrected chi connectivity index (χ1v) is 16.6. The highest BCUT2D eigenvalue weighted by Gasteiger charge is 2.33. The van der Waals surface area contributed by atoms with Crippen molar-refractivity contribution < 1.29 is 38.9 Å². The van der Waals surface area contributed by atoms with Gasteiger partial charge in [0.2, 0.25) is 17.7 Å². The van der Waals surface area contributed by atoms with Crippen LogP contribution in [-0.2, 0) is 43.2 Å². The molecular weight excluding hydrogens is 640 g/mol. The van der Waals surface area contributed by atoms with Crippen molar-refractivity contribution in [1.82, 2.24) is 16.0 Å². The molecule has 3 aromatic rings. The predicted molar refractivity (Wildman–Crippen MR) is 188 cm³/mol. The first kappa shape index (κ1) is 39.2. The molecule has 7 N–H and O–H groups in total. The molecule has 3 rings (SSSR count). The standard InChI is InChI=1S/C38H48N4O8/c1-38(2,3)50-37(49)42-30(22-26-15-9-5-10-16-26)32(43)24-28(21-25-13-7-4-8-14-25)35(47)40-29(19-20-33(44)45)36(48)41-31(34(39)46)23-27-17-11-6-12-18-27/h4-18,28-32,43H,19-24H2,1-3H3,(H2,39,46)(H,40,47)(H,41,48)(H,42,49)(H,44,45)/t28?,29-,30?,31-,32?/m0/s1. The molecular formula is C38H48N4O8. The molecule has 0 heterocycles. The van der Waals surface area contributed by atoms with E-state index in [1.54, 1.807) is 51.1 Å². The number of carbonyl (C=O) groups is 5. The lowest BCUT2D eigenvalue weighted by Gasteiger charge is -2.30. The van der Waals surface area contributed by atoms with E-state index in [2.05, 4.69) is 16.0 Å². The minimum Gasteiger partial charge on any atom is -0.481 e. The molecule has 4 amide bonds. The quantitative estimate of drug-likeness (QED) is 0.117. The van der Waals surface area contributed by atoms with Gasteiger partial charge >= 0.3 is 12.1 Å². The Kier molecular flexibility index (Phi) is 15.0. The van der Waals surface area contributed by atoms with E-state index in [0.29, 0.717) is 0 Å². The number of hydrogen-bond donors (Lipinski definition) is 6. The van der Waals surface area contributed by atoms with Gasteiger partial charge in [-0.3, -0.25) is 19.2 Å². The Labute approximate surface area is 292 Å². The molecule has 0 aliphatic carbocycles. The lowest BCUT2D eigenvalue weighted by Crippen LogP contribution is -2.55. The summed E-state index contributed by atoms with van der Waals surface area (Å²) in [5.74, 6) is -4.28. The number of carboxylic acid groups (broad SMARTS) is 1. The van der Waals surface area contributed by atoms with Crippen molar-refractivity contribution in [3.05, 3.63) is 108 Å². The molecule has 12 nitrogen and oxygen atoms in total. The Morgan fingerprint density at radius 1 is 0.700 bits per heavy atom. The Hall–Kier alpha value is -5.23. The molecule has 0 aliphatic rings. The second-order valence-corrected chi connectivity index (χ2v) is 13.3. The molecule has 5 atom stereocenters. The second kappa shape index (κ2) is 19.1. The zero-order valence-corrected chi connectivity index (χ0v) is 28.7. The monoisotopic (exact) mass is 688 g/mol. The van der Waals surface area contributed by atoms with Gasteiger partial charge in [0.15, 0.2) is 0 Å². The lowest BCUT2D eigenvalue weighted by atomic mass is 9.88. The molecule has 0 aliphatic heterocycles. The van der Waals surface area contributed by atoms with Crippen LogP contribution >= 0.6 is 0 Å². The zero-order chi connectivity index (χ0) is 36.7. The first-order valence-electron chi connectivity index (χ1n) is 16.6. The van der Waals surface area contributed by atoms with E-state index in [-0.39, 0.29) is 32.1 Å². The van der Waals surface area contributed by atoms with Crippen molar-refractivity contribution in [2.45, 2.75) is 89.1 Å². The molecule has 0 spiro atoms. The third-order valence-corrected chi connectivity index (χ3v) is 7.91. The Bertz CT molecular complexity index is 1550. The smallest absolute Gasteiger partial charge is 0.407 e. The van der Waals surface area contributed by atoms with Crippen LogP contribution in [0.5, 0.6) is 0 Å². The van der Waals surface area contributed by atoms with Crippen molar-refractivity contribution in [3.63, 3.8) is 0 Å². The fourth-order valence-corrected chi connectivity index (χ4v) is 5.42. The van der Waals surface area contributed by atoms with Gasteiger partial charge in [-0.1, -0.05) is 91.0 Å². The summed E-state index contributed by atoms with van der Waals surface area (Å²) in [6.45, 7) is 5.17. The molecule has 0 fully saturated rings. The average Bonchev–Trinajstić information content (AvgIpc) is 3.06. The number of hydrogen-bond acceptors (Lipinski definition) is 7. The first-order chi connectivity index (χ1) is 23.7. The largest absolute Gasteiger partial charge is 0.481 e. The summed E-state index contributed by atoms with van der Waals surface area (Å²) in [6, 6.07) is 23.9. The van der Waals surface area contributed by atoms with Gasteiger partial charge in [0.1, 0.15) is 17.7 Å². The van der Waals surface area contributed by atoms with E-state index in [9.17, 15) is 34.2 Å². The molecule has 12 heteroatoms. The normalized spacial score (nSPS) is 14.2. The van der Waals surface area contributed by atoms with Crippen LogP contribution in [0.2, 0.25) is 0 Å². The maximum Gasteiger partial charge on any atom is 0.407 e. The predicted octanol–water partition coefficient (Wildman–Crippen LogP) is 3.29. The van der Waals surface area contributed by atoms with Crippen LogP contribution in [0.4, 0.5) is 4.79 Å². The van der Waals surface area contributed by atoms with E-state index in [4.69, 9.17) is 10.5 Å². The highest BCUT2D eigenvalue weighted by molar-refractivity contribution is 5.92. The zero-order valence-electron chi connectivity index (χ0n) is 28.7. The van der Waals surface area contributed by atoms with E-state index in [1.807, 2.05) is 60.7 Å². The highest BCUT2D eigenvalue weighted by Crippen LogP contribution is 2.20. The van der Waals surface area contributed by atoms with Gasteiger partial charge in [0.05, 0.1) is 12.1 Å². The minimum absolute atomic E-state index is 0.0950. The molecule has 0 saturated carbocycles. The average molecular weight is 689 g/mol. The van der Waals surface area contributed by atoms with Crippen LogP contribution in [0.15, 0.2) is 91.0 Å². The number of alkyl carbamates (subject to hydrolysis) is 1. The van der Waals surface area contributed by atoms with Crippen LogP contribution in [0.25, 0.3) is 0 Å². The summed E-state index contributed by atoms with van der Waals surface area (Å²) in [5.41, 5.74) is 7.16. The number of aliphatic hydroxyl groups is 1. The van der Waals surface area contributed by atoms with Gasteiger partial charge < -0.3 is 36.6 Å². The van der Waals surface area contributed by atoms with Gasteiger partial charge in [-0.15, -0.1) is 0 Å². The molecule has 0 saturated heterocycles. The number of rotatable bonds is 18. The number of benzene rings is 3. The summed E-state index contributed by atoms with van der Waals surface area (Å²) < 4.78 is 5.45. The van der Waals surface area contributed by atoms with Crippen LogP contribution in [0.3, 0.4) is 0 Å². The lowest BCUT2D eigenvalue weighted by molar-refractivity contribution is -0.138. The third kappa shape index (κ3) is 14.1. The summed E-state index contributed by atoms with van der Waals surface area (Å²) in [5, 5.41) is 29.0. The topological polar surface area (TPSA) is 197 Å². The molecule has 0 bridgehead atoms. The van der Waals surface area contributed by atoms with E-state index in [0.717, 1.165) is 16.7 Å². The molecule has 3 unspecified atom stereocenters. The van der Waals surface area contributed by atoms with E-state index in [1.165, 1.54) is 0 Å². The third-order valence-electron chi connectivity index (χ3n) is 7.91. The van der Waals surface area contributed by atoms with Gasteiger partial charge in [0, 0.05) is 18.8 Å². The van der Waals surface area contributed by atoms with Crippen molar-refractivity contribution in [2.75, 3.05) is 0 Å². The number of nitrogens with two attached hydrogens (primary N) is 1. The minimum atomic E-state index is -1.33. The maximum atomic E-state index is 14.0. The van der Waals surface area contributed by atoms with Crippen molar-refractivity contribution in [1.29, 1.82) is 0 Å². The Morgan fingerprint density at radius 3 is 1.66 bits per heavy atom. The van der Waals surface area contributed by atoms with Crippen LogP contribution in [0.1, 0.15) is 56.7 Å². The number of carbonyl (C=O) groups excluding carboxylic acids is 4. The molecule has 0 aromatic heterocycles. The number of primary amides is 1. The second-order valence-electron chi connectivity index (χ2n) is 13.3. The van der Waals surface area contributed by atoms with Crippen molar-refractivity contribution >= 4 is 29.8 Å². The number of carboxylic acids is 1. The summed E-state index contributed by atoms with van der Waals surface area (Å²) in [6.07, 6.45) is -2.30. The van der Waals surface area contributed by atoms with E-state index < -0.39 is 72.0 Å². The Morgan fingerprint density at radius 2 is 1.18 bits per heavy atom. The van der Waals surface area contributed by atoms with Crippen LogP contribution in [0, 0.1) is 5.92 Å². The Balaban J connectivity index is 1.86. The van der Waals surface area contributed by atoms with Gasteiger partial charge in [-0.05, 0) is 63.1 Å². The summed E-state index contributed by atoms with van der Waals surface area (Å²) in [7, 11) is 0.